The van der Waals surface area contributed by atoms with Crippen molar-refractivity contribution in [2.75, 3.05) is 6.54 Å². The second-order valence-electron chi connectivity index (χ2n) is 5.96. The van der Waals surface area contributed by atoms with Gasteiger partial charge in [0, 0.05) is 12.1 Å². The van der Waals surface area contributed by atoms with Crippen LogP contribution in [-0.4, -0.2) is 29.2 Å². The Labute approximate surface area is 108 Å². The number of carbonyl (C=O) groups excluding carboxylic acids is 1. The summed E-state index contributed by atoms with van der Waals surface area (Å²) >= 11 is 0. The van der Waals surface area contributed by atoms with Gasteiger partial charge in [-0.2, -0.15) is 0 Å². The third-order valence-electron chi connectivity index (χ3n) is 3.61. The zero-order chi connectivity index (χ0) is 13.8. The number of hydrogen-bond acceptors (Lipinski definition) is 2. The molecule has 2 amide bonds. The van der Waals surface area contributed by atoms with Gasteiger partial charge in [-0.3, -0.25) is 4.79 Å². The predicted molar refractivity (Wildman–Crippen MR) is 69.4 cm³/mol. The summed E-state index contributed by atoms with van der Waals surface area (Å²) in [5, 5.41) is 14.3. The summed E-state index contributed by atoms with van der Waals surface area (Å²) in [4.78, 5) is 22.3. The number of carboxylic acids is 1. The van der Waals surface area contributed by atoms with Gasteiger partial charge in [-0.1, -0.05) is 19.8 Å². The van der Waals surface area contributed by atoms with Crippen LogP contribution in [0.3, 0.4) is 0 Å². The molecule has 0 bridgehead atoms. The van der Waals surface area contributed by atoms with Crippen LogP contribution < -0.4 is 10.6 Å². The fourth-order valence-corrected chi connectivity index (χ4v) is 2.52. The first kappa shape index (κ1) is 14.8. The van der Waals surface area contributed by atoms with Gasteiger partial charge in [-0.15, -0.1) is 0 Å². The molecule has 0 aromatic carbocycles. The summed E-state index contributed by atoms with van der Waals surface area (Å²) in [7, 11) is 0. The Bertz CT molecular complexity index is 315. The van der Waals surface area contributed by atoms with E-state index in [9.17, 15) is 9.59 Å². The molecule has 5 heteroatoms. The lowest BCUT2D eigenvalue weighted by Gasteiger charge is -2.25. The molecule has 1 rings (SSSR count). The van der Waals surface area contributed by atoms with Crippen molar-refractivity contribution in [1.29, 1.82) is 0 Å². The maximum Gasteiger partial charge on any atom is 0.315 e. The standard InChI is InChI=1S/C13H24N2O3/c1-9-5-4-6-10(9)8-14-12(18)15-13(2,3)7-11(16)17/h9-10H,4-8H2,1-3H3,(H,16,17)(H2,14,15,18). The first-order chi connectivity index (χ1) is 8.30. The number of urea groups is 1. The quantitative estimate of drug-likeness (QED) is 0.703. The molecule has 5 nitrogen and oxygen atoms in total. The zero-order valence-corrected chi connectivity index (χ0v) is 11.5. The lowest BCUT2D eigenvalue weighted by molar-refractivity contribution is -0.138. The van der Waals surface area contributed by atoms with Crippen LogP contribution in [0.2, 0.25) is 0 Å². The summed E-state index contributed by atoms with van der Waals surface area (Å²) in [5.74, 6) is 0.306. The van der Waals surface area contributed by atoms with Gasteiger partial charge in [0.2, 0.25) is 0 Å². The lowest BCUT2D eigenvalue weighted by atomic mass is 9.98. The molecule has 0 heterocycles. The van der Waals surface area contributed by atoms with Gasteiger partial charge in [0.1, 0.15) is 0 Å². The first-order valence-electron chi connectivity index (χ1n) is 6.58. The van der Waals surface area contributed by atoms with Crippen LogP contribution in [-0.2, 0) is 4.79 Å². The van der Waals surface area contributed by atoms with E-state index in [1.807, 2.05) is 0 Å². The topological polar surface area (TPSA) is 78.4 Å². The van der Waals surface area contributed by atoms with Gasteiger partial charge < -0.3 is 15.7 Å². The van der Waals surface area contributed by atoms with Crippen LogP contribution in [0.4, 0.5) is 4.79 Å². The Morgan fingerprint density at radius 2 is 2.00 bits per heavy atom. The molecule has 104 valence electrons. The van der Waals surface area contributed by atoms with E-state index >= 15 is 0 Å². The third-order valence-corrected chi connectivity index (χ3v) is 3.61. The Kier molecular flexibility index (Phi) is 4.99. The summed E-state index contributed by atoms with van der Waals surface area (Å²) in [6.45, 7) is 6.31. The molecule has 0 aromatic heterocycles. The van der Waals surface area contributed by atoms with Crippen LogP contribution in [0.15, 0.2) is 0 Å². The van der Waals surface area contributed by atoms with Crippen molar-refractivity contribution in [2.45, 2.75) is 52.0 Å². The maximum absolute atomic E-state index is 11.7. The maximum atomic E-state index is 11.7. The molecule has 2 atom stereocenters. The Morgan fingerprint density at radius 1 is 1.33 bits per heavy atom. The summed E-state index contributed by atoms with van der Waals surface area (Å²) in [6.07, 6.45) is 3.55. The minimum Gasteiger partial charge on any atom is -0.481 e. The highest BCUT2D eigenvalue weighted by Gasteiger charge is 2.26. The lowest BCUT2D eigenvalue weighted by Crippen LogP contribution is -2.50. The molecule has 1 aliphatic carbocycles. The van der Waals surface area contributed by atoms with Crippen LogP contribution in [0.5, 0.6) is 0 Å². The van der Waals surface area contributed by atoms with Gasteiger partial charge in [0.25, 0.3) is 0 Å². The second kappa shape index (κ2) is 6.07. The molecular formula is C13H24N2O3. The monoisotopic (exact) mass is 256 g/mol. The van der Waals surface area contributed by atoms with Gasteiger partial charge >= 0.3 is 12.0 Å². The van der Waals surface area contributed by atoms with Crippen molar-refractivity contribution in [1.82, 2.24) is 10.6 Å². The fraction of sp³-hybridized carbons (Fsp3) is 0.846. The van der Waals surface area contributed by atoms with Crippen LogP contribution in [0, 0.1) is 11.8 Å². The van der Waals surface area contributed by atoms with Gasteiger partial charge in [-0.25, -0.2) is 4.79 Å². The molecule has 0 radical (unpaired) electrons. The summed E-state index contributed by atoms with van der Waals surface area (Å²) in [6, 6.07) is -0.277. The fourth-order valence-electron chi connectivity index (χ4n) is 2.52. The molecule has 18 heavy (non-hydrogen) atoms. The first-order valence-corrected chi connectivity index (χ1v) is 6.58. The van der Waals surface area contributed by atoms with E-state index in [0.717, 1.165) is 0 Å². The average Bonchev–Trinajstić information content (AvgIpc) is 2.58. The van der Waals surface area contributed by atoms with Crippen molar-refractivity contribution >= 4 is 12.0 Å². The normalized spacial score (nSPS) is 23.7. The SMILES string of the molecule is CC1CCCC1CNC(=O)NC(C)(C)CC(=O)O. The number of aliphatic carboxylic acids is 1. The van der Waals surface area contributed by atoms with E-state index < -0.39 is 11.5 Å². The van der Waals surface area contributed by atoms with Crippen molar-refractivity contribution in [2.24, 2.45) is 11.8 Å². The zero-order valence-electron chi connectivity index (χ0n) is 11.5. The summed E-state index contributed by atoms with van der Waals surface area (Å²) in [5.41, 5.74) is -0.725. The third kappa shape index (κ3) is 4.94. The van der Waals surface area contributed by atoms with Gasteiger partial charge in [0.05, 0.1) is 6.42 Å². The Morgan fingerprint density at radius 3 is 2.50 bits per heavy atom. The number of carbonyl (C=O) groups is 2. The van der Waals surface area contributed by atoms with Crippen molar-refractivity contribution in [3.05, 3.63) is 0 Å². The van der Waals surface area contributed by atoms with Gasteiger partial charge in [-0.05, 0) is 32.1 Å². The molecular weight excluding hydrogens is 232 g/mol. The van der Waals surface area contributed by atoms with E-state index in [4.69, 9.17) is 5.11 Å². The molecule has 2 unspecified atom stereocenters. The predicted octanol–water partition coefficient (Wildman–Crippen LogP) is 1.98. The molecule has 3 N–H and O–H groups in total. The van der Waals surface area contributed by atoms with Crippen molar-refractivity contribution in [3.8, 4) is 0 Å². The van der Waals surface area contributed by atoms with Crippen LogP contribution in [0.1, 0.15) is 46.5 Å². The number of amides is 2. The Hall–Kier alpha value is -1.26. The average molecular weight is 256 g/mol. The highest BCUT2D eigenvalue weighted by Crippen LogP contribution is 2.30. The van der Waals surface area contributed by atoms with Crippen molar-refractivity contribution in [3.63, 3.8) is 0 Å². The highest BCUT2D eigenvalue weighted by molar-refractivity contribution is 5.76. The molecule has 1 saturated carbocycles. The van der Waals surface area contributed by atoms with Gasteiger partial charge in [0.15, 0.2) is 0 Å². The molecule has 0 aliphatic heterocycles. The van der Waals surface area contributed by atoms with Crippen LogP contribution in [0.25, 0.3) is 0 Å². The van der Waals surface area contributed by atoms with E-state index in [1.165, 1.54) is 19.3 Å². The highest BCUT2D eigenvalue weighted by atomic mass is 16.4. The second-order valence-corrected chi connectivity index (χ2v) is 5.96. The molecule has 1 fully saturated rings. The smallest absolute Gasteiger partial charge is 0.315 e. The molecule has 0 spiro atoms. The number of rotatable bonds is 5. The van der Waals surface area contributed by atoms with E-state index in [0.29, 0.717) is 18.4 Å². The molecule has 1 aliphatic rings. The largest absolute Gasteiger partial charge is 0.481 e. The van der Waals surface area contributed by atoms with Crippen LogP contribution >= 0.6 is 0 Å². The molecule has 0 aromatic rings. The number of carboxylic acid groups (broad SMARTS) is 1. The summed E-state index contributed by atoms with van der Waals surface area (Å²) < 4.78 is 0. The minimum absolute atomic E-state index is 0.0831. The van der Waals surface area contributed by atoms with Crippen molar-refractivity contribution < 1.29 is 14.7 Å². The molecule has 0 saturated heterocycles. The van der Waals surface area contributed by atoms with E-state index in [-0.39, 0.29) is 12.5 Å². The number of hydrogen-bond donors (Lipinski definition) is 3. The Balaban J connectivity index is 2.30. The number of nitrogens with one attached hydrogen (secondary N) is 2. The van der Waals surface area contributed by atoms with E-state index in [2.05, 4.69) is 17.6 Å². The van der Waals surface area contributed by atoms with E-state index in [1.54, 1.807) is 13.8 Å². The minimum atomic E-state index is -0.912.